The van der Waals surface area contributed by atoms with Crippen molar-refractivity contribution in [3.05, 3.63) is 100 Å². The molecule has 188 valence electrons. The molecule has 1 aromatic heterocycles. The maximum absolute atomic E-state index is 10.7. The van der Waals surface area contributed by atoms with Crippen molar-refractivity contribution in [3.63, 3.8) is 0 Å². The van der Waals surface area contributed by atoms with Crippen molar-refractivity contribution < 1.29 is 5.11 Å². The summed E-state index contributed by atoms with van der Waals surface area (Å²) >= 11 is 6.17. The molecule has 1 aliphatic rings. The highest BCUT2D eigenvalue weighted by Crippen LogP contribution is 2.25. The lowest BCUT2D eigenvalue weighted by molar-refractivity contribution is 0.148. The third-order valence-corrected chi connectivity index (χ3v) is 6.94. The number of hydrogen-bond acceptors (Lipinski definition) is 6. The Kier molecular flexibility index (Phi) is 7.59. The summed E-state index contributed by atoms with van der Waals surface area (Å²) in [4.78, 5) is 9.08. The average Bonchev–Trinajstić information content (AvgIpc) is 2.91. The lowest BCUT2D eigenvalue weighted by Crippen LogP contribution is -2.43. The number of hydrogen-bond donors (Lipinski definition) is 3. The Morgan fingerprint density at radius 3 is 2.46 bits per heavy atom. The highest BCUT2D eigenvalue weighted by Gasteiger charge is 2.14. The molecule has 4 aromatic rings. The van der Waals surface area contributed by atoms with Crippen molar-refractivity contribution in [2.45, 2.75) is 12.8 Å². The second-order valence-electron chi connectivity index (χ2n) is 9.45. The molecule has 1 fully saturated rings. The predicted octanol–water partition coefficient (Wildman–Crippen LogP) is 4.72. The van der Waals surface area contributed by atoms with Gasteiger partial charge in [-0.15, -0.1) is 0 Å². The van der Waals surface area contributed by atoms with Crippen molar-refractivity contribution in [1.82, 2.24) is 14.8 Å². The number of likely N-dealkylation sites (N-methyl/N-ethyl adjacent to an activating group) is 1. The number of aliphatic hydroxyl groups excluding tert-OH is 1. The second-order valence-corrected chi connectivity index (χ2v) is 9.88. The quantitative estimate of drug-likeness (QED) is 0.266. The number of rotatable bonds is 5. The highest BCUT2D eigenvalue weighted by molar-refractivity contribution is 6.31. The molecule has 0 bridgehead atoms. The molecule has 37 heavy (non-hydrogen) atoms. The van der Waals surface area contributed by atoms with Crippen LogP contribution in [-0.2, 0) is 6.54 Å². The maximum atomic E-state index is 10.7. The minimum Gasteiger partial charge on any atom is -0.383 e. The van der Waals surface area contributed by atoms with Gasteiger partial charge in [0, 0.05) is 71.5 Å². The summed E-state index contributed by atoms with van der Waals surface area (Å²) in [5.74, 6) is 6.66. The van der Waals surface area contributed by atoms with Crippen LogP contribution in [0.3, 0.4) is 0 Å². The molecule has 5 rings (SSSR count). The number of nitrogens with one attached hydrogen (secondary N) is 1. The molecule has 7 heteroatoms. The molecule has 0 amide bonds. The van der Waals surface area contributed by atoms with Crippen LogP contribution in [0.25, 0.3) is 10.8 Å². The lowest BCUT2D eigenvalue weighted by Gasteiger charge is -2.32. The summed E-state index contributed by atoms with van der Waals surface area (Å²) in [5, 5.41) is 16.3. The van der Waals surface area contributed by atoms with Crippen molar-refractivity contribution in [2.24, 2.45) is 0 Å². The van der Waals surface area contributed by atoms with Crippen molar-refractivity contribution in [1.29, 1.82) is 0 Å². The van der Waals surface area contributed by atoms with Gasteiger partial charge < -0.3 is 21.1 Å². The van der Waals surface area contributed by atoms with Gasteiger partial charge in [0.15, 0.2) is 6.23 Å². The molecule has 1 aliphatic heterocycles. The molecule has 0 saturated carbocycles. The summed E-state index contributed by atoms with van der Waals surface area (Å²) < 4.78 is 0. The SMILES string of the molecule is CN1CCN(Cc2ccc(NC(O)c3ccc(C#Cc4c(N)ncc5ccc(Cl)cc45)cc3)cc2)CC1. The van der Waals surface area contributed by atoms with E-state index >= 15 is 0 Å². The number of halogens is 1. The number of benzene rings is 3. The number of nitrogen functional groups attached to an aromatic ring is 1. The zero-order chi connectivity index (χ0) is 25.8. The summed E-state index contributed by atoms with van der Waals surface area (Å²) in [6.45, 7) is 5.36. The highest BCUT2D eigenvalue weighted by atomic mass is 35.5. The fourth-order valence-electron chi connectivity index (χ4n) is 4.43. The van der Waals surface area contributed by atoms with E-state index in [0.717, 1.165) is 60.3 Å². The van der Waals surface area contributed by atoms with Crippen molar-refractivity contribution >= 4 is 33.9 Å². The number of anilines is 2. The second kappa shape index (κ2) is 11.2. The first kappa shape index (κ1) is 25.1. The summed E-state index contributed by atoms with van der Waals surface area (Å²) in [7, 11) is 2.17. The zero-order valence-electron chi connectivity index (χ0n) is 20.8. The van der Waals surface area contributed by atoms with Gasteiger partial charge in [0.25, 0.3) is 0 Å². The van der Waals surface area contributed by atoms with E-state index in [2.05, 4.69) is 51.1 Å². The summed E-state index contributed by atoms with van der Waals surface area (Å²) in [6, 6.07) is 21.3. The van der Waals surface area contributed by atoms with E-state index in [0.29, 0.717) is 16.4 Å². The first-order valence-electron chi connectivity index (χ1n) is 12.3. The maximum Gasteiger partial charge on any atom is 0.150 e. The monoisotopic (exact) mass is 511 g/mol. The van der Waals surface area contributed by atoms with Gasteiger partial charge >= 0.3 is 0 Å². The van der Waals surface area contributed by atoms with E-state index < -0.39 is 6.23 Å². The first-order valence-corrected chi connectivity index (χ1v) is 12.7. The van der Waals surface area contributed by atoms with E-state index in [1.165, 1.54) is 5.56 Å². The average molecular weight is 512 g/mol. The Bertz CT molecular complexity index is 1430. The molecule has 6 nitrogen and oxygen atoms in total. The number of pyridine rings is 1. The fraction of sp³-hybridized carbons (Fsp3) is 0.233. The van der Waals surface area contributed by atoms with Crippen LogP contribution in [0, 0.1) is 11.8 Å². The van der Waals surface area contributed by atoms with Crippen LogP contribution >= 0.6 is 11.6 Å². The minimum atomic E-state index is -0.828. The van der Waals surface area contributed by atoms with Crippen molar-refractivity contribution in [2.75, 3.05) is 44.3 Å². The molecule has 0 spiro atoms. The van der Waals surface area contributed by atoms with Crippen LogP contribution in [0.4, 0.5) is 11.5 Å². The van der Waals surface area contributed by atoms with Crippen LogP contribution < -0.4 is 11.1 Å². The lowest BCUT2D eigenvalue weighted by atomic mass is 10.1. The third kappa shape index (κ3) is 6.22. The molecule has 1 unspecified atom stereocenters. The third-order valence-electron chi connectivity index (χ3n) is 6.70. The van der Waals surface area contributed by atoms with Gasteiger partial charge in [0.1, 0.15) is 5.82 Å². The number of aliphatic hydroxyl groups is 1. The van der Waals surface area contributed by atoms with E-state index in [1.54, 1.807) is 6.20 Å². The summed E-state index contributed by atoms with van der Waals surface area (Å²) in [5.41, 5.74) is 10.5. The number of nitrogens with zero attached hydrogens (tertiary/aromatic N) is 3. The van der Waals surface area contributed by atoms with E-state index in [-0.39, 0.29) is 0 Å². The van der Waals surface area contributed by atoms with Crippen LogP contribution in [0.5, 0.6) is 0 Å². The zero-order valence-corrected chi connectivity index (χ0v) is 21.5. The Balaban J connectivity index is 1.23. The number of fused-ring (bicyclic) bond motifs is 1. The van der Waals surface area contributed by atoms with E-state index in [1.807, 2.05) is 54.6 Å². The molecular formula is C30H30ClN5O. The molecule has 1 atom stereocenters. The van der Waals surface area contributed by atoms with Gasteiger partial charge in [-0.05, 0) is 49.0 Å². The number of aromatic nitrogens is 1. The van der Waals surface area contributed by atoms with E-state index in [9.17, 15) is 5.11 Å². The van der Waals surface area contributed by atoms with Gasteiger partial charge in [-0.3, -0.25) is 4.90 Å². The van der Waals surface area contributed by atoms with Crippen LogP contribution in [0.15, 0.2) is 72.9 Å². The minimum absolute atomic E-state index is 0.369. The van der Waals surface area contributed by atoms with Crippen LogP contribution in [0.2, 0.25) is 5.02 Å². The van der Waals surface area contributed by atoms with Crippen LogP contribution in [0.1, 0.15) is 28.5 Å². The van der Waals surface area contributed by atoms with Gasteiger partial charge in [0.05, 0.1) is 5.56 Å². The molecule has 0 radical (unpaired) electrons. The molecule has 3 aromatic carbocycles. The molecular weight excluding hydrogens is 482 g/mol. The summed E-state index contributed by atoms with van der Waals surface area (Å²) in [6.07, 6.45) is 0.891. The Labute approximate surface area is 222 Å². The normalized spacial score (nSPS) is 15.2. The molecule has 0 aliphatic carbocycles. The van der Waals surface area contributed by atoms with Gasteiger partial charge in [-0.1, -0.05) is 53.8 Å². The molecule has 2 heterocycles. The number of nitrogens with two attached hydrogens (primary N) is 1. The van der Waals surface area contributed by atoms with Crippen LogP contribution in [-0.4, -0.2) is 53.1 Å². The smallest absolute Gasteiger partial charge is 0.150 e. The van der Waals surface area contributed by atoms with Gasteiger partial charge in [-0.2, -0.15) is 0 Å². The first-order chi connectivity index (χ1) is 17.9. The Hall–Kier alpha value is -3.60. The topological polar surface area (TPSA) is 77.6 Å². The number of piperazine rings is 1. The Morgan fingerprint density at radius 2 is 1.73 bits per heavy atom. The van der Waals surface area contributed by atoms with Gasteiger partial charge in [0.2, 0.25) is 0 Å². The standard InChI is InChI=1S/C30H30ClN5O/c1-35-14-16-36(17-15-35)20-22-4-11-26(12-5-22)34-30(37)23-7-2-21(3-8-23)6-13-27-28-18-25(31)10-9-24(28)19-33-29(27)32/h2-5,7-12,18-19,30,34,37H,14-17,20H2,1H3,(H2,32,33). The molecule has 4 N–H and O–H groups in total. The Morgan fingerprint density at radius 1 is 1.00 bits per heavy atom. The largest absolute Gasteiger partial charge is 0.383 e. The fourth-order valence-corrected chi connectivity index (χ4v) is 4.60. The van der Waals surface area contributed by atoms with Gasteiger partial charge in [-0.25, -0.2) is 4.98 Å². The van der Waals surface area contributed by atoms with Crippen molar-refractivity contribution in [3.8, 4) is 11.8 Å². The van der Waals surface area contributed by atoms with E-state index in [4.69, 9.17) is 17.3 Å². The molecule has 1 saturated heterocycles. The predicted molar refractivity (Wildman–Crippen MR) is 151 cm³/mol.